The summed E-state index contributed by atoms with van der Waals surface area (Å²) in [6.07, 6.45) is 0. The van der Waals surface area contributed by atoms with Crippen LogP contribution >= 0.6 is 11.5 Å². The number of phenolic OH excluding ortho intramolecular Hbond substituents is 1. The number of esters is 1. The number of carbonyl (C=O) groups is 4. The van der Waals surface area contributed by atoms with E-state index in [2.05, 4.69) is 9.69 Å². The van der Waals surface area contributed by atoms with Crippen LogP contribution in [-0.4, -0.2) is 46.3 Å². The van der Waals surface area contributed by atoms with Gasteiger partial charge in [-0.05, 0) is 55.2 Å². The van der Waals surface area contributed by atoms with Gasteiger partial charge >= 0.3 is 5.97 Å². The van der Waals surface area contributed by atoms with Gasteiger partial charge in [0.2, 0.25) is 5.91 Å². The summed E-state index contributed by atoms with van der Waals surface area (Å²) in [4.78, 5) is 51.9. The fraction of sp³-hybridized carbons (Fsp3) is 0.208. The van der Waals surface area contributed by atoms with Crippen molar-refractivity contribution in [3.63, 3.8) is 0 Å². The molecule has 0 saturated carbocycles. The lowest BCUT2D eigenvalue weighted by Crippen LogP contribution is -2.45. The van der Waals surface area contributed by atoms with Gasteiger partial charge in [-0.25, -0.2) is 0 Å². The summed E-state index contributed by atoms with van der Waals surface area (Å²) in [6.45, 7) is 3.21. The smallest absolute Gasteiger partial charge is 0.325 e. The molecule has 0 aliphatic rings. The molecule has 0 aliphatic carbocycles. The van der Waals surface area contributed by atoms with Gasteiger partial charge in [-0.15, -0.1) is 0 Å². The number of anilines is 2. The fourth-order valence-electron chi connectivity index (χ4n) is 3.37. The monoisotopic (exact) mass is 511 g/mol. The number of hydrogen-bond acceptors (Lipinski definition) is 9. The summed E-state index contributed by atoms with van der Waals surface area (Å²) in [5, 5.41) is 12.3. The topological polar surface area (TPSA) is 178 Å². The summed E-state index contributed by atoms with van der Waals surface area (Å²) in [5.41, 5.74) is 12.5. The van der Waals surface area contributed by atoms with Crippen molar-refractivity contribution >= 4 is 46.6 Å². The van der Waals surface area contributed by atoms with Crippen LogP contribution in [0.4, 0.5) is 11.4 Å². The van der Waals surface area contributed by atoms with Crippen LogP contribution in [0.25, 0.3) is 0 Å². The minimum Gasteiger partial charge on any atom is -0.508 e. The summed E-state index contributed by atoms with van der Waals surface area (Å²) >= 11 is 0.677. The predicted octanol–water partition coefficient (Wildman–Crippen LogP) is 1.91. The molecule has 1 aromatic heterocycles. The second kappa shape index (κ2) is 11.3. The molecule has 0 bridgehead atoms. The lowest BCUT2D eigenvalue weighted by atomic mass is 10.0. The number of nitrogens with two attached hydrogens (primary N) is 2. The zero-order valence-corrected chi connectivity index (χ0v) is 20.4. The predicted molar refractivity (Wildman–Crippen MR) is 134 cm³/mol. The van der Waals surface area contributed by atoms with Crippen LogP contribution in [-0.2, 0) is 14.3 Å². The number of phenols is 1. The van der Waals surface area contributed by atoms with Crippen molar-refractivity contribution in [3.05, 3.63) is 70.2 Å². The Morgan fingerprint density at radius 2 is 1.75 bits per heavy atom. The zero-order chi connectivity index (χ0) is 26.4. The molecule has 0 aliphatic heterocycles. The fourth-order valence-corrected chi connectivity index (χ4v) is 4.11. The van der Waals surface area contributed by atoms with Crippen molar-refractivity contribution in [1.82, 2.24) is 9.69 Å². The molecule has 0 fully saturated rings. The summed E-state index contributed by atoms with van der Waals surface area (Å²) in [7, 11) is 0. The molecule has 3 rings (SSSR count). The van der Waals surface area contributed by atoms with Crippen molar-refractivity contribution in [3.8, 4) is 5.75 Å². The van der Waals surface area contributed by atoms with Gasteiger partial charge in [0, 0.05) is 5.69 Å². The number of nitrogens with zero attached hydrogens (tertiary/aromatic N) is 2. The van der Waals surface area contributed by atoms with Gasteiger partial charge < -0.3 is 26.6 Å². The number of aromatic hydroxyl groups is 1. The van der Waals surface area contributed by atoms with Crippen molar-refractivity contribution in [1.29, 1.82) is 0 Å². The van der Waals surface area contributed by atoms with Gasteiger partial charge in [-0.1, -0.05) is 29.8 Å². The Hall–Kier alpha value is -4.45. The van der Waals surface area contributed by atoms with Gasteiger partial charge in [0.25, 0.3) is 11.8 Å². The number of primary amides is 1. The van der Waals surface area contributed by atoms with Crippen molar-refractivity contribution < 1.29 is 29.0 Å². The van der Waals surface area contributed by atoms with Crippen LogP contribution in [0.5, 0.6) is 5.75 Å². The van der Waals surface area contributed by atoms with Gasteiger partial charge in [-0.3, -0.25) is 24.1 Å². The highest BCUT2D eigenvalue weighted by Crippen LogP contribution is 2.33. The molecule has 0 saturated heterocycles. The highest BCUT2D eigenvalue weighted by Gasteiger charge is 2.36. The van der Waals surface area contributed by atoms with E-state index in [4.69, 9.17) is 16.2 Å². The zero-order valence-electron chi connectivity index (χ0n) is 19.6. The van der Waals surface area contributed by atoms with E-state index in [1.807, 2.05) is 6.92 Å². The summed E-state index contributed by atoms with van der Waals surface area (Å²) in [5.74, 6) is -3.00. The van der Waals surface area contributed by atoms with E-state index in [0.717, 1.165) is 5.56 Å². The minimum atomic E-state index is -1.30. The van der Waals surface area contributed by atoms with E-state index in [0.29, 0.717) is 22.8 Å². The lowest BCUT2D eigenvalue weighted by molar-refractivity contribution is -0.143. The highest BCUT2D eigenvalue weighted by molar-refractivity contribution is 7.09. The van der Waals surface area contributed by atoms with Crippen molar-refractivity contribution in [2.45, 2.75) is 19.9 Å². The van der Waals surface area contributed by atoms with Gasteiger partial charge in [0.15, 0.2) is 5.69 Å². The van der Waals surface area contributed by atoms with Gasteiger partial charge in [0.05, 0.1) is 12.3 Å². The highest BCUT2D eigenvalue weighted by atomic mass is 32.1. The SMILES string of the molecule is CCOC(=O)CNC(=O)C(c1ccc(O)cc1)N(C(=O)c1snc(C(N)=O)c1N)c1ccc(C)cc1. The number of nitrogen functional groups attached to an aromatic ring is 1. The molecule has 188 valence electrons. The number of nitrogens with one attached hydrogen (secondary N) is 1. The first kappa shape index (κ1) is 26.2. The normalized spacial score (nSPS) is 11.4. The number of aromatic nitrogens is 1. The number of hydrogen-bond donors (Lipinski definition) is 4. The average Bonchev–Trinajstić information content (AvgIpc) is 3.24. The molecule has 0 radical (unpaired) electrons. The minimum absolute atomic E-state index is 0.0459. The number of rotatable bonds is 9. The molecule has 3 amide bonds. The Bertz CT molecular complexity index is 1270. The van der Waals surface area contributed by atoms with E-state index in [-0.39, 0.29) is 28.6 Å². The lowest BCUT2D eigenvalue weighted by Gasteiger charge is -2.31. The average molecular weight is 512 g/mol. The Morgan fingerprint density at radius 1 is 1.11 bits per heavy atom. The molecule has 1 heterocycles. The molecule has 6 N–H and O–H groups in total. The second-order valence-corrected chi connectivity index (χ2v) is 8.44. The van der Waals surface area contributed by atoms with E-state index in [1.165, 1.54) is 29.2 Å². The largest absolute Gasteiger partial charge is 0.508 e. The number of amides is 3. The van der Waals surface area contributed by atoms with Crippen LogP contribution in [0.15, 0.2) is 48.5 Å². The maximum absolute atomic E-state index is 13.9. The Balaban J connectivity index is 2.14. The molecule has 36 heavy (non-hydrogen) atoms. The molecule has 1 atom stereocenters. The molecule has 12 heteroatoms. The molecule has 3 aromatic rings. The summed E-state index contributed by atoms with van der Waals surface area (Å²) < 4.78 is 8.77. The van der Waals surface area contributed by atoms with E-state index < -0.39 is 36.3 Å². The maximum Gasteiger partial charge on any atom is 0.325 e. The van der Waals surface area contributed by atoms with Crippen LogP contribution < -0.4 is 21.7 Å². The first-order valence-corrected chi connectivity index (χ1v) is 11.6. The van der Waals surface area contributed by atoms with Gasteiger partial charge in [-0.2, -0.15) is 4.37 Å². The Kier molecular flexibility index (Phi) is 8.22. The number of benzene rings is 2. The standard InChI is InChI=1S/C24H25N5O6S/c1-3-35-17(31)12-27-23(33)20(14-6-10-16(30)11-7-14)29(15-8-4-13(2)5-9-15)24(34)21-18(25)19(22(26)32)28-36-21/h4-11,20,30H,3,12,25H2,1-2H3,(H2,26,32)(H,27,33). The Labute approximate surface area is 210 Å². The van der Waals surface area contributed by atoms with Crippen LogP contribution in [0.1, 0.15) is 44.3 Å². The van der Waals surface area contributed by atoms with Gasteiger partial charge in [0.1, 0.15) is 23.2 Å². The van der Waals surface area contributed by atoms with Crippen LogP contribution in [0, 0.1) is 6.92 Å². The molecule has 2 aromatic carbocycles. The molecular formula is C24H25N5O6S. The number of carbonyl (C=O) groups excluding carboxylic acids is 4. The molecule has 11 nitrogen and oxygen atoms in total. The van der Waals surface area contributed by atoms with E-state index in [1.54, 1.807) is 31.2 Å². The van der Waals surface area contributed by atoms with Crippen molar-refractivity contribution in [2.24, 2.45) is 5.73 Å². The van der Waals surface area contributed by atoms with Crippen LogP contribution in [0.3, 0.4) is 0 Å². The number of ether oxygens (including phenoxy) is 1. The van der Waals surface area contributed by atoms with E-state index in [9.17, 15) is 24.3 Å². The first-order chi connectivity index (χ1) is 17.1. The van der Waals surface area contributed by atoms with Crippen LogP contribution in [0.2, 0.25) is 0 Å². The van der Waals surface area contributed by atoms with E-state index >= 15 is 0 Å². The first-order valence-electron chi connectivity index (χ1n) is 10.8. The second-order valence-electron chi connectivity index (χ2n) is 7.67. The third-order valence-electron chi connectivity index (χ3n) is 5.11. The third kappa shape index (κ3) is 5.78. The third-order valence-corrected chi connectivity index (χ3v) is 5.97. The Morgan fingerprint density at radius 3 is 2.31 bits per heavy atom. The molecular weight excluding hydrogens is 486 g/mol. The maximum atomic E-state index is 13.9. The molecule has 1 unspecified atom stereocenters. The summed E-state index contributed by atoms with van der Waals surface area (Å²) in [6, 6.07) is 11.2. The quantitative estimate of drug-likeness (QED) is 0.315. The molecule has 0 spiro atoms. The number of aryl methyl sites for hydroxylation is 1. The van der Waals surface area contributed by atoms with Crippen molar-refractivity contribution in [2.75, 3.05) is 23.8 Å².